The topological polar surface area (TPSA) is 78.4 Å². The molecule has 0 aromatic heterocycles. The van der Waals surface area contributed by atoms with Crippen molar-refractivity contribution in [2.45, 2.75) is 12.5 Å². The number of hydrogen-bond donors (Lipinski definition) is 3. The van der Waals surface area contributed by atoms with E-state index < -0.39 is 12.1 Å². The molecule has 0 bridgehead atoms. The Morgan fingerprint density at radius 1 is 1.33 bits per heavy atom. The first kappa shape index (κ1) is 9.51. The molecule has 2 rings (SSSR count). The molecule has 1 atom stereocenters. The molecule has 1 aromatic carbocycles. The zero-order valence-corrected chi connectivity index (χ0v) is 7.86. The van der Waals surface area contributed by atoms with Crippen LogP contribution >= 0.6 is 0 Å². The van der Waals surface area contributed by atoms with Crippen LogP contribution in [0.4, 0.5) is 4.79 Å². The van der Waals surface area contributed by atoms with E-state index in [1.54, 1.807) is 24.3 Å². The maximum Gasteiger partial charge on any atom is 0.322 e. The van der Waals surface area contributed by atoms with Crippen LogP contribution in [0.3, 0.4) is 0 Å². The fourth-order valence-electron chi connectivity index (χ4n) is 1.52. The van der Waals surface area contributed by atoms with Gasteiger partial charge in [-0.15, -0.1) is 0 Å². The van der Waals surface area contributed by atoms with Crippen molar-refractivity contribution in [3.05, 3.63) is 29.8 Å². The van der Waals surface area contributed by atoms with Gasteiger partial charge >= 0.3 is 6.03 Å². The summed E-state index contributed by atoms with van der Waals surface area (Å²) >= 11 is 0. The Morgan fingerprint density at radius 2 is 2.13 bits per heavy atom. The molecule has 5 nitrogen and oxygen atoms in total. The maximum absolute atomic E-state index is 11.2. The third kappa shape index (κ3) is 2.07. The molecule has 0 aliphatic carbocycles. The van der Waals surface area contributed by atoms with Gasteiger partial charge in [0.1, 0.15) is 11.8 Å². The van der Waals surface area contributed by atoms with Crippen molar-refractivity contribution in [2.24, 2.45) is 0 Å². The lowest BCUT2D eigenvalue weighted by molar-refractivity contribution is -0.120. The average molecular weight is 206 g/mol. The first-order valence-electron chi connectivity index (χ1n) is 4.54. The molecule has 1 aromatic rings. The summed E-state index contributed by atoms with van der Waals surface area (Å²) in [5.74, 6) is -0.180. The number of phenols is 1. The van der Waals surface area contributed by atoms with Crippen LogP contribution in [0, 0.1) is 0 Å². The quantitative estimate of drug-likeness (QED) is 0.602. The Balaban J connectivity index is 2.09. The number of benzene rings is 1. The molecule has 3 N–H and O–H groups in total. The lowest BCUT2D eigenvalue weighted by Crippen LogP contribution is -2.30. The van der Waals surface area contributed by atoms with Gasteiger partial charge in [0.15, 0.2) is 0 Å². The molecule has 1 heterocycles. The molecule has 0 unspecified atom stereocenters. The normalized spacial score (nSPS) is 19.9. The summed E-state index contributed by atoms with van der Waals surface area (Å²) in [5, 5.41) is 13.9. The van der Waals surface area contributed by atoms with Gasteiger partial charge in [-0.05, 0) is 17.7 Å². The Bertz CT molecular complexity index is 417. The van der Waals surface area contributed by atoms with Crippen LogP contribution in [0.25, 0.3) is 0 Å². The molecular formula is C10H10N2O3. The summed E-state index contributed by atoms with van der Waals surface area (Å²) in [6.45, 7) is 0. The van der Waals surface area contributed by atoms with Gasteiger partial charge in [0, 0.05) is 6.42 Å². The third-order valence-corrected chi connectivity index (χ3v) is 2.21. The number of phenolic OH excluding ortho intramolecular Hbond substituents is 1. The Labute approximate surface area is 86.1 Å². The van der Waals surface area contributed by atoms with Crippen LogP contribution in [0.15, 0.2) is 24.3 Å². The first-order chi connectivity index (χ1) is 7.15. The van der Waals surface area contributed by atoms with Crippen LogP contribution in [-0.4, -0.2) is 23.1 Å². The SMILES string of the molecule is O=C1NC(=O)[C@H](Cc2cccc(O)c2)N1. The molecule has 0 saturated carbocycles. The lowest BCUT2D eigenvalue weighted by Gasteiger charge is -2.06. The van der Waals surface area contributed by atoms with Crippen molar-refractivity contribution < 1.29 is 14.7 Å². The van der Waals surface area contributed by atoms with Crippen LogP contribution in [0.5, 0.6) is 5.75 Å². The van der Waals surface area contributed by atoms with E-state index in [0.29, 0.717) is 6.42 Å². The number of urea groups is 1. The van der Waals surface area contributed by atoms with E-state index in [1.165, 1.54) is 0 Å². The molecule has 1 aliphatic heterocycles. The molecule has 0 spiro atoms. The highest BCUT2D eigenvalue weighted by Crippen LogP contribution is 2.13. The molecule has 3 amide bonds. The van der Waals surface area contributed by atoms with E-state index in [-0.39, 0.29) is 11.7 Å². The Hall–Kier alpha value is -2.04. The number of rotatable bonds is 2. The highest BCUT2D eigenvalue weighted by atomic mass is 16.3. The summed E-state index contributed by atoms with van der Waals surface area (Å²) in [7, 11) is 0. The number of amides is 3. The summed E-state index contributed by atoms with van der Waals surface area (Å²) in [6, 6.07) is 5.59. The van der Waals surface area contributed by atoms with Crippen molar-refractivity contribution in [2.75, 3.05) is 0 Å². The van der Waals surface area contributed by atoms with Crippen molar-refractivity contribution >= 4 is 11.9 Å². The molecule has 1 fully saturated rings. The lowest BCUT2D eigenvalue weighted by atomic mass is 10.1. The summed E-state index contributed by atoms with van der Waals surface area (Å²) < 4.78 is 0. The molecule has 1 saturated heterocycles. The minimum absolute atomic E-state index is 0.150. The van der Waals surface area contributed by atoms with Gasteiger partial charge in [-0.25, -0.2) is 4.79 Å². The predicted octanol–water partition coefficient (Wildman–Crippen LogP) is 0.143. The van der Waals surface area contributed by atoms with Gasteiger partial charge < -0.3 is 10.4 Å². The Morgan fingerprint density at radius 3 is 2.73 bits per heavy atom. The van der Waals surface area contributed by atoms with E-state index in [4.69, 9.17) is 0 Å². The van der Waals surface area contributed by atoms with Crippen molar-refractivity contribution in [3.63, 3.8) is 0 Å². The fourth-order valence-corrected chi connectivity index (χ4v) is 1.52. The highest BCUT2D eigenvalue weighted by molar-refractivity contribution is 6.04. The number of aromatic hydroxyl groups is 1. The predicted molar refractivity (Wildman–Crippen MR) is 52.3 cm³/mol. The minimum Gasteiger partial charge on any atom is -0.508 e. The van der Waals surface area contributed by atoms with E-state index in [2.05, 4.69) is 10.6 Å². The molecule has 78 valence electrons. The van der Waals surface area contributed by atoms with Crippen LogP contribution in [-0.2, 0) is 11.2 Å². The zero-order chi connectivity index (χ0) is 10.8. The zero-order valence-electron chi connectivity index (χ0n) is 7.86. The van der Waals surface area contributed by atoms with Gasteiger partial charge in [0.05, 0.1) is 0 Å². The average Bonchev–Trinajstić information content (AvgIpc) is 2.45. The smallest absolute Gasteiger partial charge is 0.322 e. The minimum atomic E-state index is -0.542. The molecule has 0 radical (unpaired) electrons. The van der Waals surface area contributed by atoms with E-state index in [1.807, 2.05) is 0 Å². The monoisotopic (exact) mass is 206 g/mol. The number of hydrogen-bond acceptors (Lipinski definition) is 3. The molecular weight excluding hydrogens is 196 g/mol. The van der Waals surface area contributed by atoms with Gasteiger partial charge in [0.25, 0.3) is 5.91 Å². The maximum atomic E-state index is 11.2. The van der Waals surface area contributed by atoms with Gasteiger partial charge in [-0.1, -0.05) is 12.1 Å². The standard InChI is InChI=1S/C10H10N2O3/c13-7-3-1-2-6(4-7)5-8-9(14)12-10(15)11-8/h1-4,8,13H,5H2,(H2,11,12,14,15)/t8-/m0/s1. The van der Waals surface area contributed by atoms with Gasteiger partial charge in [-0.2, -0.15) is 0 Å². The molecule has 1 aliphatic rings. The number of imide groups is 1. The van der Waals surface area contributed by atoms with Crippen LogP contribution in [0.2, 0.25) is 0 Å². The van der Waals surface area contributed by atoms with E-state index in [0.717, 1.165) is 5.56 Å². The fraction of sp³-hybridized carbons (Fsp3) is 0.200. The van der Waals surface area contributed by atoms with Crippen LogP contribution in [0.1, 0.15) is 5.56 Å². The van der Waals surface area contributed by atoms with E-state index in [9.17, 15) is 14.7 Å². The second-order valence-electron chi connectivity index (χ2n) is 3.39. The first-order valence-corrected chi connectivity index (χ1v) is 4.54. The molecule has 5 heteroatoms. The third-order valence-electron chi connectivity index (χ3n) is 2.21. The van der Waals surface area contributed by atoms with Crippen molar-refractivity contribution in [3.8, 4) is 5.75 Å². The summed E-state index contributed by atoms with van der Waals surface area (Å²) in [5.41, 5.74) is 0.803. The van der Waals surface area contributed by atoms with Gasteiger partial charge in [0.2, 0.25) is 0 Å². The van der Waals surface area contributed by atoms with Crippen molar-refractivity contribution in [1.29, 1.82) is 0 Å². The number of carbonyl (C=O) groups excluding carboxylic acids is 2. The van der Waals surface area contributed by atoms with Crippen LogP contribution < -0.4 is 10.6 Å². The summed E-state index contributed by atoms with van der Waals surface area (Å²) in [4.78, 5) is 22.0. The summed E-state index contributed by atoms with van der Waals surface area (Å²) in [6.07, 6.45) is 0.381. The Kier molecular flexibility index (Phi) is 2.29. The van der Waals surface area contributed by atoms with E-state index >= 15 is 0 Å². The largest absolute Gasteiger partial charge is 0.508 e. The highest BCUT2D eigenvalue weighted by Gasteiger charge is 2.29. The number of carbonyl (C=O) groups is 2. The van der Waals surface area contributed by atoms with Gasteiger partial charge in [-0.3, -0.25) is 10.1 Å². The second kappa shape index (κ2) is 3.61. The van der Waals surface area contributed by atoms with Crippen molar-refractivity contribution in [1.82, 2.24) is 10.6 Å². The second-order valence-corrected chi connectivity index (χ2v) is 3.39. The number of nitrogens with one attached hydrogen (secondary N) is 2. The molecule has 15 heavy (non-hydrogen) atoms.